The van der Waals surface area contributed by atoms with Gasteiger partial charge >= 0.3 is 0 Å². The molecule has 2 heterocycles. The predicted octanol–water partition coefficient (Wildman–Crippen LogP) is 3.74. The van der Waals surface area contributed by atoms with Crippen LogP contribution in [0.25, 0.3) is 5.57 Å². The Balaban J connectivity index is 1.68. The normalized spacial score (nSPS) is 17.6. The molecule has 0 spiro atoms. The summed E-state index contributed by atoms with van der Waals surface area (Å²) in [7, 11) is 7.16. The largest absolute Gasteiger partial charge is 0.493 e. The number of amides is 1. The zero-order valence-corrected chi connectivity index (χ0v) is 16.5. The summed E-state index contributed by atoms with van der Waals surface area (Å²) in [5, 5.41) is 0. The number of fused-ring (bicyclic) bond motifs is 2. The third kappa shape index (κ3) is 3.01. The number of carbonyl (C=O) groups excluding carboxylic acids is 1. The molecule has 144 valence electrons. The number of ether oxygens (including phenoxy) is 2. The Morgan fingerprint density at radius 2 is 1.75 bits per heavy atom. The van der Waals surface area contributed by atoms with Crippen molar-refractivity contribution in [3.05, 3.63) is 53.7 Å². The molecule has 0 saturated carbocycles. The molecule has 0 saturated heterocycles. The maximum absolute atomic E-state index is 13.2. The van der Waals surface area contributed by atoms with Crippen LogP contribution < -0.4 is 14.4 Å². The molecule has 0 aliphatic carbocycles. The maximum atomic E-state index is 13.2. The van der Waals surface area contributed by atoms with E-state index < -0.39 is 0 Å². The molecule has 2 aromatic rings. The quantitative estimate of drug-likeness (QED) is 0.815. The van der Waals surface area contributed by atoms with E-state index in [-0.39, 0.29) is 11.9 Å². The molecule has 0 radical (unpaired) electrons. The molecule has 0 fully saturated rings. The van der Waals surface area contributed by atoms with Crippen molar-refractivity contribution in [2.45, 2.75) is 12.5 Å². The van der Waals surface area contributed by atoms with Crippen LogP contribution in [0.2, 0.25) is 0 Å². The van der Waals surface area contributed by atoms with E-state index in [1.165, 1.54) is 0 Å². The lowest BCUT2D eigenvalue weighted by Crippen LogP contribution is -2.32. The summed E-state index contributed by atoms with van der Waals surface area (Å²) in [5.74, 6) is 0.995. The molecule has 1 amide bonds. The summed E-state index contributed by atoms with van der Waals surface area (Å²) >= 11 is 0. The summed E-state index contributed by atoms with van der Waals surface area (Å²) in [6, 6.07) is 11.7. The number of nitrogens with zero attached hydrogens (tertiary/aromatic N) is 3. The minimum absolute atomic E-state index is 0.0848. The fraction of sp³-hybridized carbons (Fsp3) is 0.273. The molecule has 2 aromatic carbocycles. The van der Waals surface area contributed by atoms with Gasteiger partial charge in [-0.3, -0.25) is 9.79 Å². The van der Waals surface area contributed by atoms with Crippen LogP contribution in [0.3, 0.4) is 0 Å². The maximum Gasteiger partial charge on any atom is 0.260 e. The minimum atomic E-state index is -0.0968. The molecule has 0 bridgehead atoms. The van der Waals surface area contributed by atoms with Crippen molar-refractivity contribution < 1.29 is 14.3 Å². The molecule has 1 atom stereocenters. The van der Waals surface area contributed by atoms with Crippen LogP contribution in [0.15, 0.2) is 47.6 Å². The van der Waals surface area contributed by atoms with Gasteiger partial charge in [0.05, 0.1) is 31.5 Å². The molecule has 0 N–H and O–H groups in total. The van der Waals surface area contributed by atoms with Gasteiger partial charge in [-0.25, -0.2) is 0 Å². The third-order valence-corrected chi connectivity index (χ3v) is 5.19. The van der Waals surface area contributed by atoms with Gasteiger partial charge in [0.2, 0.25) is 0 Å². The summed E-state index contributed by atoms with van der Waals surface area (Å²) in [5.41, 5.74) is 4.50. The molecule has 28 heavy (non-hydrogen) atoms. The highest BCUT2D eigenvalue weighted by Crippen LogP contribution is 2.39. The molecule has 0 unspecified atom stereocenters. The first-order valence-electron chi connectivity index (χ1n) is 9.13. The molecular weight excluding hydrogens is 354 g/mol. The van der Waals surface area contributed by atoms with Crippen LogP contribution in [0.5, 0.6) is 11.5 Å². The first-order valence-corrected chi connectivity index (χ1v) is 9.13. The van der Waals surface area contributed by atoms with Crippen LogP contribution in [0.1, 0.15) is 22.3 Å². The number of rotatable bonds is 4. The van der Waals surface area contributed by atoms with E-state index in [1.54, 1.807) is 31.3 Å². The number of hydrogen-bond donors (Lipinski definition) is 0. The zero-order valence-electron chi connectivity index (χ0n) is 16.5. The predicted molar refractivity (Wildman–Crippen MR) is 111 cm³/mol. The number of anilines is 1. The van der Waals surface area contributed by atoms with Gasteiger partial charge in [0.15, 0.2) is 11.5 Å². The second-order valence-corrected chi connectivity index (χ2v) is 7.08. The van der Waals surface area contributed by atoms with Crippen LogP contribution in [-0.4, -0.2) is 51.4 Å². The lowest BCUT2D eigenvalue weighted by molar-refractivity contribution is 0.0817. The highest BCUT2D eigenvalue weighted by molar-refractivity contribution is 6.05. The van der Waals surface area contributed by atoms with E-state index in [9.17, 15) is 4.79 Å². The van der Waals surface area contributed by atoms with Crippen LogP contribution in [0, 0.1) is 0 Å². The van der Waals surface area contributed by atoms with Gasteiger partial charge in [0, 0.05) is 44.7 Å². The summed E-state index contributed by atoms with van der Waals surface area (Å²) in [6.07, 6.45) is 4.52. The lowest BCUT2D eigenvalue weighted by Gasteiger charge is -2.18. The summed E-state index contributed by atoms with van der Waals surface area (Å²) < 4.78 is 10.7. The Labute approximate surface area is 164 Å². The van der Waals surface area contributed by atoms with Gasteiger partial charge in [0.25, 0.3) is 5.91 Å². The molecular formula is C22H23N3O3. The van der Waals surface area contributed by atoms with Crippen LogP contribution in [0.4, 0.5) is 11.4 Å². The van der Waals surface area contributed by atoms with Crippen molar-refractivity contribution in [2.24, 2.45) is 4.99 Å². The molecule has 0 aromatic heterocycles. The molecule has 6 nitrogen and oxygen atoms in total. The Kier molecular flexibility index (Phi) is 4.55. The van der Waals surface area contributed by atoms with Gasteiger partial charge in [-0.05, 0) is 29.3 Å². The topological polar surface area (TPSA) is 54.4 Å². The van der Waals surface area contributed by atoms with Crippen LogP contribution >= 0.6 is 0 Å². The Morgan fingerprint density at radius 3 is 2.39 bits per heavy atom. The first kappa shape index (κ1) is 18.1. The van der Waals surface area contributed by atoms with Gasteiger partial charge < -0.3 is 19.3 Å². The third-order valence-electron chi connectivity index (χ3n) is 5.19. The second-order valence-electron chi connectivity index (χ2n) is 7.08. The van der Waals surface area contributed by atoms with E-state index in [0.29, 0.717) is 22.7 Å². The van der Waals surface area contributed by atoms with E-state index in [4.69, 9.17) is 9.47 Å². The monoisotopic (exact) mass is 377 g/mol. The first-order chi connectivity index (χ1) is 13.5. The summed E-state index contributed by atoms with van der Waals surface area (Å²) in [4.78, 5) is 21.6. The Morgan fingerprint density at radius 1 is 1.07 bits per heavy atom. The van der Waals surface area contributed by atoms with E-state index in [0.717, 1.165) is 23.2 Å². The van der Waals surface area contributed by atoms with Crippen molar-refractivity contribution in [3.63, 3.8) is 0 Å². The standard InChI is InChI=1S/C22H23N3O3/c1-24(2)16-7-5-14(6-8-16)15-9-17-12-23-19-11-21(28-4)20(27-3)10-18(19)22(26)25(17)13-15/h5-8,10-13,17H,9H2,1-4H3/t17-/m0/s1. The van der Waals surface area contributed by atoms with Gasteiger partial charge in [-0.15, -0.1) is 0 Å². The van der Waals surface area contributed by atoms with Crippen molar-refractivity contribution in [2.75, 3.05) is 33.2 Å². The average molecular weight is 377 g/mol. The number of carbonyl (C=O) groups is 1. The smallest absolute Gasteiger partial charge is 0.260 e. The second kappa shape index (κ2) is 7.03. The van der Waals surface area contributed by atoms with Gasteiger partial charge in [0.1, 0.15) is 0 Å². The SMILES string of the molecule is COc1cc2c(cc1OC)C(=O)N1C=C(c3ccc(N(C)C)cc3)C[C@H]1C=N2. The van der Waals surface area contributed by atoms with Crippen molar-refractivity contribution in [1.82, 2.24) is 4.90 Å². The number of benzene rings is 2. The molecule has 4 rings (SSSR count). The zero-order chi connectivity index (χ0) is 19.8. The number of aliphatic imine (C=N–C) groups is 1. The Hall–Kier alpha value is -3.28. The van der Waals surface area contributed by atoms with E-state index in [2.05, 4.69) is 34.2 Å². The highest BCUT2D eigenvalue weighted by atomic mass is 16.5. The fourth-order valence-corrected chi connectivity index (χ4v) is 3.59. The van der Waals surface area contributed by atoms with Crippen molar-refractivity contribution in [3.8, 4) is 11.5 Å². The molecule has 2 aliphatic heterocycles. The van der Waals surface area contributed by atoms with Crippen molar-refractivity contribution in [1.29, 1.82) is 0 Å². The fourth-order valence-electron chi connectivity index (χ4n) is 3.59. The number of methoxy groups -OCH3 is 2. The van der Waals surface area contributed by atoms with E-state index >= 15 is 0 Å². The Bertz CT molecular complexity index is 977. The highest BCUT2D eigenvalue weighted by Gasteiger charge is 2.33. The van der Waals surface area contributed by atoms with E-state index in [1.807, 2.05) is 26.5 Å². The van der Waals surface area contributed by atoms with Crippen molar-refractivity contribution >= 4 is 29.1 Å². The summed E-state index contributed by atoms with van der Waals surface area (Å²) in [6.45, 7) is 0. The molecule has 2 aliphatic rings. The van der Waals surface area contributed by atoms with Gasteiger partial charge in [-0.1, -0.05) is 12.1 Å². The average Bonchev–Trinajstić information content (AvgIpc) is 3.10. The minimum Gasteiger partial charge on any atom is -0.493 e. The number of hydrogen-bond acceptors (Lipinski definition) is 5. The van der Waals surface area contributed by atoms with Gasteiger partial charge in [-0.2, -0.15) is 0 Å². The lowest BCUT2D eigenvalue weighted by atomic mass is 10.0. The van der Waals surface area contributed by atoms with Crippen LogP contribution in [-0.2, 0) is 0 Å². The molecule has 6 heteroatoms.